The molecule has 1 aliphatic heterocycles. The van der Waals surface area contributed by atoms with Crippen molar-refractivity contribution in [2.75, 3.05) is 49.9 Å². The van der Waals surface area contributed by atoms with Crippen LogP contribution in [-0.4, -0.2) is 60.8 Å². The molecule has 0 saturated carbocycles. The minimum atomic E-state index is 0.0733. The Morgan fingerprint density at radius 3 is 2.63 bits per heavy atom. The molecule has 3 aromatic rings. The Bertz CT molecular complexity index is 1210. The van der Waals surface area contributed by atoms with Crippen molar-refractivity contribution in [3.05, 3.63) is 63.8 Å². The average molecular weight is 530 g/mol. The number of fused-ring (bicyclic) bond motifs is 2. The molecule has 5 nitrogen and oxygen atoms in total. The summed E-state index contributed by atoms with van der Waals surface area (Å²) in [6.45, 7) is 5.42. The number of pyridine rings is 1. The van der Waals surface area contributed by atoms with Gasteiger partial charge in [0.05, 0.1) is 11.3 Å². The van der Waals surface area contributed by atoms with Gasteiger partial charge in [-0.15, -0.1) is 11.8 Å². The first-order valence-electron chi connectivity index (χ1n) is 12.3. The molecule has 0 spiro atoms. The monoisotopic (exact) mass is 528 g/mol. The first-order valence-corrected chi connectivity index (χ1v) is 14.0. The SMILES string of the molecule is O=C(CSc1c2c(nc3ccc(Cl)cc13)CCCC2)NCCN1CCN(c2cccc(Cl)c2)CC1. The fraction of sp³-hybridized carbons (Fsp3) is 0.407. The van der Waals surface area contributed by atoms with Gasteiger partial charge in [-0.2, -0.15) is 0 Å². The van der Waals surface area contributed by atoms with Crippen LogP contribution in [0.2, 0.25) is 10.0 Å². The van der Waals surface area contributed by atoms with Crippen LogP contribution in [0, 0.1) is 0 Å². The van der Waals surface area contributed by atoms with Gasteiger partial charge in [0.15, 0.2) is 0 Å². The van der Waals surface area contributed by atoms with Crippen molar-refractivity contribution in [2.24, 2.45) is 0 Å². The van der Waals surface area contributed by atoms with Crippen LogP contribution >= 0.6 is 35.0 Å². The molecule has 184 valence electrons. The highest BCUT2D eigenvalue weighted by Gasteiger charge is 2.20. The van der Waals surface area contributed by atoms with Crippen molar-refractivity contribution >= 4 is 57.5 Å². The summed E-state index contributed by atoms with van der Waals surface area (Å²) >= 11 is 14.1. The Balaban J connectivity index is 1.12. The summed E-state index contributed by atoms with van der Waals surface area (Å²) in [4.78, 5) is 23.5. The highest BCUT2D eigenvalue weighted by atomic mass is 35.5. The van der Waals surface area contributed by atoms with Gasteiger partial charge < -0.3 is 10.2 Å². The molecular weight excluding hydrogens is 499 g/mol. The number of hydrogen-bond donors (Lipinski definition) is 1. The first kappa shape index (κ1) is 24.7. The number of thioether (sulfide) groups is 1. The molecule has 1 aliphatic carbocycles. The number of benzene rings is 2. The van der Waals surface area contributed by atoms with Crippen molar-refractivity contribution < 1.29 is 4.79 Å². The van der Waals surface area contributed by atoms with E-state index in [1.165, 1.54) is 34.7 Å². The van der Waals surface area contributed by atoms with Gasteiger partial charge in [0.25, 0.3) is 0 Å². The number of carbonyl (C=O) groups excluding carboxylic acids is 1. The number of aromatic nitrogens is 1. The minimum absolute atomic E-state index is 0.0733. The molecule has 2 aromatic carbocycles. The van der Waals surface area contributed by atoms with Crippen molar-refractivity contribution in [3.8, 4) is 0 Å². The number of rotatable bonds is 7. The van der Waals surface area contributed by atoms with Gasteiger partial charge in [-0.3, -0.25) is 14.7 Å². The van der Waals surface area contributed by atoms with Crippen LogP contribution in [0.15, 0.2) is 47.4 Å². The number of piperazine rings is 1. The predicted octanol–water partition coefficient (Wildman–Crippen LogP) is 5.45. The maximum Gasteiger partial charge on any atom is 0.230 e. The van der Waals surface area contributed by atoms with Crippen molar-refractivity contribution in [2.45, 2.75) is 30.6 Å². The summed E-state index contributed by atoms with van der Waals surface area (Å²) in [5.74, 6) is 0.477. The fourth-order valence-electron chi connectivity index (χ4n) is 4.96. The second-order valence-electron chi connectivity index (χ2n) is 9.18. The summed E-state index contributed by atoms with van der Waals surface area (Å²) < 4.78 is 0. The number of carbonyl (C=O) groups is 1. The van der Waals surface area contributed by atoms with E-state index in [1.54, 1.807) is 11.8 Å². The van der Waals surface area contributed by atoms with Gasteiger partial charge in [-0.1, -0.05) is 29.3 Å². The van der Waals surface area contributed by atoms with Gasteiger partial charge in [0.1, 0.15) is 0 Å². The van der Waals surface area contributed by atoms with Gasteiger partial charge in [0.2, 0.25) is 5.91 Å². The molecule has 5 rings (SSSR count). The van der Waals surface area contributed by atoms with Crippen LogP contribution in [-0.2, 0) is 17.6 Å². The standard InChI is InChI=1S/C27H30Cl2N4OS/c28-19-4-3-5-21(16-19)33-14-12-32(13-15-33)11-10-30-26(34)18-35-27-22-6-1-2-7-24(22)31-25-9-8-20(29)17-23(25)27/h3-5,8-9,16-17H,1-2,6-7,10-15,18H2,(H,30,34). The number of nitrogens with one attached hydrogen (secondary N) is 1. The van der Waals surface area contributed by atoms with Crippen molar-refractivity contribution in [3.63, 3.8) is 0 Å². The normalized spacial score (nSPS) is 16.3. The van der Waals surface area contributed by atoms with Crippen molar-refractivity contribution in [1.82, 2.24) is 15.2 Å². The number of anilines is 1. The summed E-state index contributed by atoms with van der Waals surface area (Å²) in [7, 11) is 0. The molecule has 1 fully saturated rings. The smallest absolute Gasteiger partial charge is 0.230 e. The molecule has 0 radical (unpaired) electrons. The molecule has 1 N–H and O–H groups in total. The van der Waals surface area contributed by atoms with Crippen LogP contribution in [0.1, 0.15) is 24.1 Å². The lowest BCUT2D eigenvalue weighted by atomic mass is 9.94. The maximum absolute atomic E-state index is 12.7. The number of halogens is 2. The minimum Gasteiger partial charge on any atom is -0.369 e. The molecule has 0 atom stereocenters. The highest BCUT2D eigenvalue weighted by Crippen LogP contribution is 2.37. The van der Waals surface area contributed by atoms with E-state index in [0.29, 0.717) is 17.3 Å². The highest BCUT2D eigenvalue weighted by molar-refractivity contribution is 8.00. The second kappa shape index (κ2) is 11.4. The molecule has 8 heteroatoms. The predicted molar refractivity (Wildman–Crippen MR) is 147 cm³/mol. The fourth-order valence-corrected chi connectivity index (χ4v) is 6.41. The van der Waals surface area contributed by atoms with E-state index in [9.17, 15) is 4.79 Å². The second-order valence-corrected chi connectivity index (χ2v) is 11.0. The van der Waals surface area contributed by atoms with E-state index in [4.69, 9.17) is 28.2 Å². The van der Waals surface area contributed by atoms with Gasteiger partial charge >= 0.3 is 0 Å². The third-order valence-electron chi connectivity index (χ3n) is 6.81. The molecule has 1 saturated heterocycles. The van der Waals surface area contributed by atoms with Crippen LogP contribution in [0.5, 0.6) is 0 Å². The zero-order valence-electron chi connectivity index (χ0n) is 19.7. The number of nitrogens with zero attached hydrogens (tertiary/aromatic N) is 3. The zero-order chi connectivity index (χ0) is 24.2. The maximum atomic E-state index is 12.7. The van der Waals surface area contributed by atoms with Crippen molar-refractivity contribution in [1.29, 1.82) is 0 Å². The number of hydrogen-bond acceptors (Lipinski definition) is 5. The molecule has 0 bridgehead atoms. The molecular formula is C27H30Cl2N4OS. The van der Waals surface area contributed by atoms with E-state index < -0.39 is 0 Å². The van der Waals surface area contributed by atoms with Gasteiger partial charge in [-0.05, 0) is 67.6 Å². The van der Waals surface area contributed by atoms with E-state index in [-0.39, 0.29) is 5.91 Å². The van der Waals surface area contributed by atoms with Crippen LogP contribution in [0.25, 0.3) is 10.9 Å². The third-order valence-corrected chi connectivity index (χ3v) is 8.45. The van der Waals surface area contributed by atoms with E-state index in [1.807, 2.05) is 36.4 Å². The van der Waals surface area contributed by atoms with E-state index in [0.717, 1.165) is 61.5 Å². The molecule has 2 heterocycles. The zero-order valence-corrected chi connectivity index (χ0v) is 22.1. The first-order chi connectivity index (χ1) is 17.1. The van der Waals surface area contributed by atoms with E-state index >= 15 is 0 Å². The number of aryl methyl sites for hydroxylation is 1. The van der Waals surface area contributed by atoms with Crippen LogP contribution in [0.4, 0.5) is 5.69 Å². The Labute approximate surface area is 221 Å². The van der Waals surface area contributed by atoms with Crippen LogP contribution < -0.4 is 10.2 Å². The lowest BCUT2D eigenvalue weighted by Crippen LogP contribution is -2.48. The quantitative estimate of drug-likeness (QED) is 0.413. The molecule has 35 heavy (non-hydrogen) atoms. The molecule has 1 aromatic heterocycles. The largest absolute Gasteiger partial charge is 0.369 e. The summed E-state index contributed by atoms with van der Waals surface area (Å²) in [5.41, 5.74) is 4.64. The van der Waals surface area contributed by atoms with Gasteiger partial charge in [0, 0.05) is 71.0 Å². The molecule has 0 unspecified atom stereocenters. The summed E-state index contributed by atoms with van der Waals surface area (Å²) in [5, 5.41) is 5.66. The Hall–Kier alpha value is -1.99. The van der Waals surface area contributed by atoms with Crippen LogP contribution in [0.3, 0.4) is 0 Å². The average Bonchev–Trinajstić information content (AvgIpc) is 2.87. The Morgan fingerprint density at radius 1 is 1.00 bits per heavy atom. The summed E-state index contributed by atoms with van der Waals surface area (Å²) in [6.07, 6.45) is 4.39. The molecule has 1 amide bonds. The lowest BCUT2D eigenvalue weighted by molar-refractivity contribution is -0.118. The Morgan fingerprint density at radius 2 is 1.80 bits per heavy atom. The van der Waals surface area contributed by atoms with Gasteiger partial charge in [-0.25, -0.2) is 0 Å². The number of amides is 1. The lowest BCUT2D eigenvalue weighted by Gasteiger charge is -2.36. The topological polar surface area (TPSA) is 48.5 Å². The Kier molecular flexibility index (Phi) is 8.03. The third kappa shape index (κ3) is 6.05. The summed E-state index contributed by atoms with van der Waals surface area (Å²) in [6, 6.07) is 13.9. The van der Waals surface area contributed by atoms with E-state index in [2.05, 4.69) is 21.2 Å². The molecule has 2 aliphatic rings.